The molecule has 2 saturated heterocycles. The highest BCUT2D eigenvalue weighted by atomic mass is 16.6. The molecule has 25 heavy (non-hydrogen) atoms. The Morgan fingerprint density at radius 3 is 1.88 bits per heavy atom. The maximum atomic E-state index is 12.5. The molecule has 0 saturated carbocycles. The quantitative estimate of drug-likeness (QED) is 0.389. The second-order valence-electron chi connectivity index (χ2n) is 5.80. The molecule has 136 valence electrons. The lowest BCUT2D eigenvalue weighted by molar-refractivity contribution is -0.140. The van der Waals surface area contributed by atoms with Crippen LogP contribution < -0.4 is 17.1 Å². The molecule has 0 spiro atoms. The van der Waals surface area contributed by atoms with Crippen molar-refractivity contribution in [3.63, 3.8) is 0 Å². The van der Waals surface area contributed by atoms with Gasteiger partial charge >= 0.3 is 23.0 Å². The third-order valence-electron chi connectivity index (χ3n) is 3.75. The van der Waals surface area contributed by atoms with Crippen molar-refractivity contribution in [1.82, 2.24) is 13.7 Å². The molecule has 0 aliphatic carbocycles. The summed E-state index contributed by atoms with van der Waals surface area (Å²) in [6, 6.07) is 0. The summed E-state index contributed by atoms with van der Waals surface area (Å²) in [4.78, 5) is 60.4. The molecule has 0 radical (unpaired) electrons. The highest BCUT2D eigenvalue weighted by Gasteiger charge is 2.30. The van der Waals surface area contributed by atoms with Gasteiger partial charge in [-0.15, -0.1) is 0 Å². The summed E-state index contributed by atoms with van der Waals surface area (Å²) in [7, 11) is 0. The van der Waals surface area contributed by atoms with E-state index in [4.69, 9.17) is 9.47 Å². The number of carbonyl (C=O) groups is 2. The largest absolute Gasteiger partial charge is 0.465 e. The van der Waals surface area contributed by atoms with Gasteiger partial charge in [0.1, 0.15) is 6.61 Å². The Balaban J connectivity index is 1.98. The molecular formula is C14H17N3O8. The minimum absolute atomic E-state index is 0.0410. The van der Waals surface area contributed by atoms with Crippen molar-refractivity contribution < 1.29 is 23.8 Å². The van der Waals surface area contributed by atoms with E-state index in [9.17, 15) is 24.0 Å². The SMILES string of the molecule is CC(=O)OCCC(=O)n1c(=O)n(CC2CO2)c(=O)n(CC2CO2)c1=O. The van der Waals surface area contributed by atoms with Gasteiger partial charge in [0, 0.05) is 6.92 Å². The monoisotopic (exact) mass is 355 g/mol. The maximum absolute atomic E-state index is 12.5. The molecule has 0 bridgehead atoms. The molecule has 0 amide bonds. The Hall–Kier alpha value is -2.53. The number of hydrogen-bond donors (Lipinski definition) is 0. The Morgan fingerprint density at radius 1 is 1.00 bits per heavy atom. The topological polar surface area (TPSA) is 134 Å². The lowest BCUT2D eigenvalue weighted by atomic mass is 10.4. The number of epoxide rings is 2. The zero-order chi connectivity index (χ0) is 18.1. The first kappa shape index (κ1) is 17.3. The molecule has 2 aliphatic rings. The standard InChI is InChI=1S/C14H17N3O8/c1-8(18)23-3-2-11(19)17-13(21)15(4-9-6-24-9)12(20)16(14(17)22)5-10-7-25-10/h9-10H,2-7H2,1H3. The summed E-state index contributed by atoms with van der Waals surface area (Å²) in [6.07, 6.45) is -0.941. The highest BCUT2D eigenvalue weighted by molar-refractivity contribution is 5.78. The molecule has 1 aromatic rings. The van der Waals surface area contributed by atoms with Crippen LogP contribution in [0.2, 0.25) is 0 Å². The second-order valence-corrected chi connectivity index (χ2v) is 5.80. The van der Waals surface area contributed by atoms with E-state index in [1.807, 2.05) is 0 Å². The minimum Gasteiger partial charge on any atom is -0.465 e. The molecule has 2 fully saturated rings. The van der Waals surface area contributed by atoms with E-state index in [-0.39, 0.29) is 38.3 Å². The van der Waals surface area contributed by atoms with Gasteiger partial charge in [0.2, 0.25) is 5.91 Å². The van der Waals surface area contributed by atoms with Gasteiger partial charge in [0.05, 0.1) is 44.9 Å². The first-order chi connectivity index (χ1) is 11.9. The smallest absolute Gasteiger partial charge is 0.343 e. The van der Waals surface area contributed by atoms with Crippen LogP contribution in [-0.4, -0.2) is 57.6 Å². The Morgan fingerprint density at radius 2 is 1.48 bits per heavy atom. The lowest BCUT2D eigenvalue weighted by Crippen LogP contribution is -2.57. The fourth-order valence-electron chi connectivity index (χ4n) is 2.31. The number of nitrogens with zero attached hydrogens (tertiary/aromatic N) is 3. The van der Waals surface area contributed by atoms with Gasteiger partial charge < -0.3 is 14.2 Å². The van der Waals surface area contributed by atoms with Crippen LogP contribution in [0.15, 0.2) is 14.4 Å². The van der Waals surface area contributed by atoms with Crippen molar-refractivity contribution in [2.45, 2.75) is 38.6 Å². The molecular weight excluding hydrogens is 338 g/mol. The summed E-state index contributed by atoms with van der Waals surface area (Å²) in [5.41, 5.74) is -2.84. The lowest BCUT2D eigenvalue weighted by Gasteiger charge is -2.12. The highest BCUT2D eigenvalue weighted by Crippen LogP contribution is 2.10. The molecule has 0 N–H and O–H groups in total. The molecule has 3 rings (SSSR count). The minimum atomic E-state index is -1.02. The summed E-state index contributed by atoms with van der Waals surface area (Å²) in [5.74, 6) is -1.44. The number of aromatic nitrogens is 3. The molecule has 2 aliphatic heterocycles. The van der Waals surface area contributed by atoms with Crippen LogP contribution in [0.3, 0.4) is 0 Å². The summed E-state index contributed by atoms with van der Waals surface area (Å²) < 4.78 is 16.7. The van der Waals surface area contributed by atoms with E-state index in [0.29, 0.717) is 17.8 Å². The van der Waals surface area contributed by atoms with Gasteiger partial charge in [-0.05, 0) is 0 Å². The Bertz CT molecular complexity index is 819. The van der Waals surface area contributed by atoms with Crippen molar-refractivity contribution >= 4 is 11.9 Å². The maximum Gasteiger partial charge on any atom is 0.343 e. The molecule has 2 unspecified atom stereocenters. The third kappa shape index (κ3) is 3.94. The molecule has 1 aromatic heterocycles. The van der Waals surface area contributed by atoms with Gasteiger partial charge in [0.25, 0.3) is 0 Å². The average Bonchev–Trinajstić information content (AvgIpc) is 3.43. The zero-order valence-corrected chi connectivity index (χ0v) is 13.5. The summed E-state index contributed by atoms with van der Waals surface area (Å²) in [5, 5.41) is 0. The van der Waals surface area contributed by atoms with Crippen molar-refractivity contribution in [1.29, 1.82) is 0 Å². The molecule has 0 aromatic carbocycles. The van der Waals surface area contributed by atoms with E-state index in [2.05, 4.69) is 4.74 Å². The first-order valence-corrected chi connectivity index (χ1v) is 7.75. The first-order valence-electron chi connectivity index (χ1n) is 7.75. The van der Waals surface area contributed by atoms with Crippen LogP contribution in [0, 0.1) is 0 Å². The van der Waals surface area contributed by atoms with Crippen molar-refractivity contribution in [2.24, 2.45) is 0 Å². The van der Waals surface area contributed by atoms with E-state index in [1.54, 1.807) is 0 Å². The van der Waals surface area contributed by atoms with Crippen LogP contribution in [0.4, 0.5) is 0 Å². The fraction of sp³-hybridized carbons (Fsp3) is 0.643. The van der Waals surface area contributed by atoms with Crippen LogP contribution in [0.5, 0.6) is 0 Å². The van der Waals surface area contributed by atoms with Gasteiger partial charge in [0.15, 0.2) is 0 Å². The number of esters is 1. The van der Waals surface area contributed by atoms with Crippen LogP contribution in [0.25, 0.3) is 0 Å². The molecule has 11 heteroatoms. The van der Waals surface area contributed by atoms with Crippen molar-refractivity contribution in [2.75, 3.05) is 19.8 Å². The van der Waals surface area contributed by atoms with Gasteiger partial charge in [-0.1, -0.05) is 0 Å². The van der Waals surface area contributed by atoms with Gasteiger partial charge in [-0.3, -0.25) is 9.59 Å². The number of hydrogen-bond acceptors (Lipinski definition) is 8. The van der Waals surface area contributed by atoms with Gasteiger partial charge in [-0.25, -0.2) is 23.5 Å². The van der Waals surface area contributed by atoms with Gasteiger partial charge in [-0.2, -0.15) is 4.57 Å². The molecule has 3 heterocycles. The molecule has 2 atom stereocenters. The second kappa shape index (κ2) is 6.76. The Labute approximate surface area is 140 Å². The predicted octanol–water partition coefficient (Wildman–Crippen LogP) is -2.44. The number of rotatable bonds is 7. The van der Waals surface area contributed by atoms with E-state index in [0.717, 1.165) is 9.13 Å². The van der Waals surface area contributed by atoms with E-state index < -0.39 is 28.9 Å². The number of ether oxygens (including phenoxy) is 3. The van der Waals surface area contributed by atoms with Crippen LogP contribution in [-0.2, 0) is 32.1 Å². The van der Waals surface area contributed by atoms with Crippen molar-refractivity contribution in [3.05, 3.63) is 31.5 Å². The fourth-order valence-corrected chi connectivity index (χ4v) is 2.31. The van der Waals surface area contributed by atoms with Crippen LogP contribution in [0.1, 0.15) is 18.1 Å². The third-order valence-corrected chi connectivity index (χ3v) is 3.75. The normalized spacial score (nSPS) is 21.0. The summed E-state index contributed by atoms with van der Waals surface area (Å²) in [6.45, 7) is 1.63. The average molecular weight is 355 g/mol. The number of carbonyl (C=O) groups excluding carboxylic acids is 2. The Kier molecular flexibility index (Phi) is 4.68. The van der Waals surface area contributed by atoms with E-state index >= 15 is 0 Å². The predicted molar refractivity (Wildman–Crippen MR) is 80.6 cm³/mol. The summed E-state index contributed by atoms with van der Waals surface area (Å²) >= 11 is 0. The van der Waals surface area contributed by atoms with Crippen molar-refractivity contribution in [3.8, 4) is 0 Å². The van der Waals surface area contributed by atoms with E-state index in [1.165, 1.54) is 6.92 Å². The zero-order valence-electron chi connectivity index (χ0n) is 13.5. The molecule has 11 nitrogen and oxygen atoms in total. The van der Waals surface area contributed by atoms with Crippen LogP contribution >= 0.6 is 0 Å².